The summed E-state index contributed by atoms with van der Waals surface area (Å²) in [6.45, 7) is 0.983. The van der Waals surface area contributed by atoms with E-state index in [1.165, 1.54) is 32.1 Å². The van der Waals surface area contributed by atoms with E-state index in [-0.39, 0.29) is 30.7 Å². The Bertz CT molecular complexity index is 1440. The van der Waals surface area contributed by atoms with Crippen LogP contribution >= 0.6 is 0 Å². The summed E-state index contributed by atoms with van der Waals surface area (Å²) in [4.78, 5) is 30.7. The van der Waals surface area contributed by atoms with Crippen LogP contribution in [-0.4, -0.2) is 53.2 Å². The molecule has 0 atom stereocenters. The van der Waals surface area contributed by atoms with Crippen LogP contribution in [0.25, 0.3) is 17.2 Å². The lowest BCUT2D eigenvalue weighted by atomic mass is 9.89. The van der Waals surface area contributed by atoms with E-state index >= 15 is 0 Å². The van der Waals surface area contributed by atoms with Crippen molar-refractivity contribution < 1.29 is 14.3 Å². The molecule has 0 bridgehead atoms. The maximum atomic E-state index is 13.0. The molecule has 3 aromatic heterocycles. The zero-order valence-corrected chi connectivity index (χ0v) is 19.6. The number of carbonyl (C=O) groups is 2. The molecule has 1 aromatic carbocycles. The Balaban J connectivity index is 1.20. The molecule has 1 aliphatic carbocycles. The lowest BCUT2D eigenvalue weighted by Crippen LogP contribution is -2.26. The first-order valence-electron chi connectivity index (χ1n) is 12.1. The lowest BCUT2D eigenvalue weighted by molar-refractivity contribution is -0.118. The average Bonchev–Trinajstić information content (AvgIpc) is 3.56. The van der Waals surface area contributed by atoms with Crippen LogP contribution < -0.4 is 15.4 Å². The molecule has 0 radical (unpaired) electrons. The van der Waals surface area contributed by atoms with Gasteiger partial charge in [-0.15, -0.1) is 10.2 Å². The fourth-order valence-electron chi connectivity index (χ4n) is 4.73. The molecule has 12 heteroatoms. The number of hydrogen-bond donors (Lipinski definition) is 2. The maximum Gasteiger partial charge on any atom is 0.270 e. The van der Waals surface area contributed by atoms with Crippen molar-refractivity contribution >= 4 is 23.1 Å². The summed E-state index contributed by atoms with van der Waals surface area (Å²) in [5.41, 5.74) is 2.66. The number of ether oxygens (including phenoxy) is 1. The van der Waals surface area contributed by atoms with E-state index in [9.17, 15) is 9.59 Å². The number of nitrogens with one attached hydrogen (secondary N) is 2. The molecular weight excluding hydrogens is 462 g/mol. The first-order chi connectivity index (χ1) is 17.6. The third kappa shape index (κ3) is 4.49. The minimum absolute atomic E-state index is 0.00262. The molecule has 1 fully saturated rings. The zero-order chi connectivity index (χ0) is 24.5. The van der Waals surface area contributed by atoms with Crippen LogP contribution in [-0.2, 0) is 17.9 Å². The summed E-state index contributed by atoms with van der Waals surface area (Å²) in [5.74, 6) is 0.992. The molecule has 1 saturated carbocycles. The van der Waals surface area contributed by atoms with E-state index in [1.54, 1.807) is 39.8 Å². The Morgan fingerprint density at radius 2 is 2.06 bits per heavy atom. The number of anilines is 1. The van der Waals surface area contributed by atoms with Gasteiger partial charge in [0.25, 0.3) is 11.8 Å². The molecular formula is C24H25N9O3. The molecule has 12 nitrogen and oxygen atoms in total. The third-order valence-corrected chi connectivity index (χ3v) is 6.55. The van der Waals surface area contributed by atoms with Gasteiger partial charge in [0.2, 0.25) is 5.82 Å². The van der Waals surface area contributed by atoms with E-state index in [2.05, 4.69) is 36.1 Å². The third-order valence-electron chi connectivity index (χ3n) is 6.55. The standard InChI is InChI=1S/C24H25N9O3/c34-22-14-36-20-7-6-16(10-17(20)28-22)12-25-24(35)18-11-19(33-21(27-18)8-9-26-33)23-29-31-32(30-23)13-15-4-2-1-3-5-15/h6-11,15H,1-5,12-14H2,(H,25,35)(H,28,34). The van der Waals surface area contributed by atoms with E-state index in [1.807, 2.05) is 6.07 Å². The fourth-order valence-corrected chi connectivity index (χ4v) is 4.73. The van der Waals surface area contributed by atoms with Crippen molar-refractivity contribution in [3.05, 3.63) is 47.8 Å². The van der Waals surface area contributed by atoms with Crippen molar-refractivity contribution in [2.24, 2.45) is 5.92 Å². The molecule has 184 valence electrons. The maximum absolute atomic E-state index is 13.0. The number of hydrogen-bond acceptors (Lipinski definition) is 8. The molecule has 0 unspecified atom stereocenters. The summed E-state index contributed by atoms with van der Waals surface area (Å²) in [7, 11) is 0. The fraction of sp³-hybridized carbons (Fsp3) is 0.375. The van der Waals surface area contributed by atoms with Gasteiger partial charge in [0, 0.05) is 12.6 Å². The molecule has 4 heterocycles. The highest BCUT2D eigenvalue weighted by atomic mass is 16.5. The summed E-state index contributed by atoms with van der Waals surface area (Å²) >= 11 is 0. The van der Waals surface area contributed by atoms with Crippen LogP contribution in [0.1, 0.15) is 48.2 Å². The van der Waals surface area contributed by atoms with Gasteiger partial charge >= 0.3 is 0 Å². The molecule has 2 aliphatic rings. The van der Waals surface area contributed by atoms with Crippen molar-refractivity contribution in [2.45, 2.75) is 45.2 Å². The summed E-state index contributed by atoms with van der Waals surface area (Å²) in [5, 5.41) is 23.0. The van der Waals surface area contributed by atoms with E-state index < -0.39 is 0 Å². The predicted molar refractivity (Wildman–Crippen MR) is 128 cm³/mol. The molecule has 2 N–H and O–H groups in total. The smallest absolute Gasteiger partial charge is 0.270 e. The number of nitrogens with zero attached hydrogens (tertiary/aromatic N) is 7. The Labute approximate surface area is 206 Å². The Morgan fingerprint density at radius 1 is 1.17 bits per heavy atom. The second-order valence-electron chi connectivity index (χ2n) is 9.15. The van der Waals surface area contributed by atoms with Crippen molar-refractivity contribution in [1.82, 2.24) is 40.1 Å². The van der Waals surface area contributed by atoms with Gasteiger partial charge in [-0.1, -0.05) is 25.3 Å². The number of fused-ring (bicyclic) bond motifs is 2. The van der Waals surface area contributed by atoms with Gasteiger partial charge in [-0.05, 0) is 47.7 Å². The molecule has 36 heavy (non-hydrogen) atoms. The zero-order valence-electron chi connectivity index (χ0n) is 19.6. The highest BCUT2D eigenvalue weighted by molar-refractivity contribution is 5.95. The van der Waals surface area contributed by atoms with Crippen LogP contribution in [0.3, 0.4) is 0 Å². The number of benzene rings is 1. The number of rotatable bonds is 6. The van der Waals surface area contributed by atoms with E-state index in [0.717, 1.165) is 12.1 Å². The van der Waals surface area contributed by atoms with Crippen LogP contribution in [0.2, 0.25) is 0 Å². The monoisotopic (exact) mass is 487 g/mol. The van der Waals surface area contributed by atoms with Crippen LogP contribution in [0.4, 0.5) is 5.69 Å². The largest absolute Gasteiger partial charge is 0.482 e. The second-order valence-corrected chi connectivity index (χ2v) is 9.15. The van der Waals surface area contributed by atoms with E-state index in [4.69, 9.17) is 4.74 Å². The Hall–Kier alpha value is -4.35. The highest BCUT2D eigenvalue weighted by Gasteiger charge is 2.20. The predicted octanol–water partition coefficient (Wildman–Crippen LogP) is 2.22. The molecule has 6 rings (SSSR count). The van der Waals surface area contributed by atoms with Gasteiger partial charge in [0.1, 0.15) is 17.1 Å². The van der Waals surface area contributed by atoms with Crippen molar-refractivity contribution in [2.75, 3.05) is 11.9 Å². The van der Waals surface area contributed by atoms with Gasteiger partial charge in [0.15, 0.2) is 12.3 Å². The number of tetrazole rings is 1. The summed E-state index contributed by atoms with van der Waals surface area (Å²) in [6, 6.07) is 8.73. The summed E-state index contributed by atoms with van der Waals surface area (Å²) < 4.78 is 6.98. The van der Waals surface area contributed by atoms with Gasteiger partial charge < -0.3 is 15.4 Å². The number of aromatic nitrogens is 7. The molecule has 2 amide bonds. The first kappa shape index (κ1) is 22.1. The normalized spacial score (nSPS) is 15.8. The van der Waals surface area contributed by atoms with Gasteiger partial charge in [-0.2, -0.15) is 9.90 Å². The van der Waals surface area contributed by atoms with Crippen molar-refractivity contribution in [1.29, 1.82) is 0 Å². The first-order valence-corrected chi connectivity index (χ1v) is 12.1. The Kier molecular flexibility index (Phi) is 5.76. The minimum atomic E-state index is -0.354. The van der Waals surface area contributed by atoms with E-state index in [0.29, 0.717) is 34.5 Å². The number of carbonyl (C=O) groups excluding carboxylic acids is 2. The highest BCUT2D eigenvalue weighted by Crippen LogP contribution is 2.28. The second kappa shape index (κ2) is 9.36. The number of amides is 2. The Morgan fingerprint density at radius 3 is 2.94 bits per heavy atom. The lowest BCUT2D eigenvalue weighted by Gasteiger charge is -2.20. The van der Waals surface area contributed by atoms with Gasteiger partial charge in [-0.3, -0.25) is 9.59 Å². The van der Waals surface area contributed by atoms with Crippen molar-refractivity contribution in [3.8, 4) is 17.3 Å². The van der Waals surface area contributed by atoms with Crippen LogP contribution in [0.5, 0.6) is 5.75 Å². The van der Waals surface area contributed by atoms with Gasteiger partial charge in [0.05, 0.1) is 18.4 Å². The minimum Gasteiger partial charge on any atom is -0.482 e. The quantitative estimate of drug-likeness (QED) is 0.422. The van der Waals surface area contributed by atoms with Crippen LogP contribution in [0, 0.1) is 5.92 Å². The average molecular weight is 488 g/mol. The molecule has 0 saturated heterocycles. The molecule has 1 aliphatic heterocycles. The van der Waals surface area contributed by atoms with Crippen molar-refractivity contribution in [3.63, 3.8) is 0 Å². The SMILES string of the molecule is O=C1COc2ccc(CNC(=O)c3cc(-c4nnn(CC5CCCCC5)n4)n4nccc4n3)cc2N1. The van der Waals surface area contributed by atoms with Crippen LogP contribution in [0.15, 0.2) is 36.5 Å². The topological polar surface area (TPSA) is 141 Å². The molecule has 0 spiro atoms. The van der Waals surface area contributed by atoms with Gasteiger partial charge in [-0.25, -0.2) is 9.50 Å². The molecule has 4 aromatic rings. The summed E-state index contributed by atoms with van der Waals surface area (Å²) in [6.07, 6.45) is 7.77.